The molecule has 0 bridgehead atoms. The lowest BCUT2D eigenvalue weighted by Gasteiger charge is -2.09. The second-order valence-electron chi connectivity index (χ2n) is 11.5. The van der Waals surface area contributed by atoms with Crippen LogP contribution in [0.2, 0.25) is 0 Å². The third kappa shape index (κ3) is 4.16. The van der Waals surface area contributed by atoms with Crippen molar-refractivity contribution in [3.05, 3.63) is 152 Å². The van der Waals surface area contributed by atoms with Gasteiger partial charge in [0.25, 0.3) is 0 Å². The first-order valence-electron chi connectivity index (χ1n) is 15.3. The number of hydrogen-bond donors (Lipinski definition) is 4. The van der Waals surface area contributed by atoms with E-state index in [-0.39, 0.29) is 0 Å². The van der Waals surface area contributed by atoms with Crippen LogP contribution in [0.5, 0.6) is 5.75 Å². The van der Waals surface area contributed by atoms with E-state index in [9.17, 15) is 5.11 Å². The van der Waals surface area contributed by atoms with Gasteiger partial charge in [0.2, 0.25) is 0 Å². The third-order valence-corrected chi connectivity index (χ3v) is 9.11. The van der Waals surface area contributed by atoms with Crippen molar-refractivity contribution < 1.29 is 5.11 Å². The van der Waals surface area contributed by atoms with E-state index in [2.05, 4.69) is 120 Å². The van der Waals surface area contributed by atoms with Crippen LogP contribution in [0, 0.1) is 0 Å². The number of fused-ring (bicyclic) bond motifs is 16. The maximum Gasteiger partial charge on any atom is 0.124 e. The summed E-state index contributed by atoms with van der Waals surface area (Å²) in [6.45, 7) is 0. The summed E-state index contributed by atoms with van der Waals surface area (Å²) in [4.78, 5) is 3.85. The predicted molar refractivity (Wildman–Crippen MR) is 197 cm³/mol. The van der Waals surface area contributed by atoms with Crippen LogP contribution in [0.15, 0.2) is 152 Å². The molecule has 0 unspecified atom stereocenters. The lowest BCUT2D eigenvalue weighted by Crippen LogP contribution is -2.02. The minimum atomic E-state index is 0.351. The number of phenols is 1. The second kappa shape index (κ2) is 11.2. The SMILES string of the molecule is NN.Oc1cc2ccccc2c2ccccc12.c1ccc2c(c1)c1ccccc1c1c2[nH]c2c3ccccc3c3ccccc3c21. The Morgan fingerprint density at radius 2 is 0.652 bits per heavy atom. The molecule has 0 saturated carbocycles. The third-order valence-electron chi connectivity index (χ3n) is 9.11. The zero-order chi connectivity index (χ0) is 31.2. The summed E-state index contributed by atoms with van der Waals surface area (Å²) in [6.07, 6.45) is 0. The molecule has 46 heavy (non-hydrogen) atoms. The highest BCUT2D eigenvalue weighted by molar-refractivity contribution is 6.39. The fourth-order valence-corrected chi connectivity index (χ4v) is 7.22. The zero-order valence-electron chi connectivity index (χ0n) is 25.0. The number of hydrogen-bond acceptors (Lipinski definition) is 3. The lowest BCUT2D eigenvalue weighted by atomic mass is 9.93. The Hall–Kier alpha value is -5.94. The monoisotopic (exact) mass is 593 g/mol. The van der Waals surface area contributed by atoms with E-state index in [4.69, 9.17) is 0 Å². The van der Waals surface area contributed by atoms with Crippen molar-refractivity contribution in [2.45, 2.75) is 0 Å². The van der Waals surface area contributed by atoms with Gasteiger partial charge in [0.15, 0.2) is 0 Å². The largest absolute Gasteiger partial charge is 0.507 e. The van der Waals surface area contributed by atoms with Crippen molar-refractivity contribution in [1.29, 1.82) is 0 Å². The quantitative estimate of drug-likeness (QED) is 0.0801. The number of H-pyrrole nitrogens is 1. The second-order valence-corrected chi connectivity index (χ2v) is 11.5. The van der Waals surface area contributed by atoms with Gasteiger partial charge in [-0.15, -0.1) is 0 Å². The molecule has 9 aromatic carbocycles. The number of aromatic nitrogens is 1. The van der Waals surface area contributed by atoms with Crippen molar-refractivity contribution in [2.75, 3.05) is 0 Å². The Balaban J connectivity index is 0.000000155. The number of rotatable bonds is 0. The molecule has 1 heterocycles. The number of nitrogens with two attached hydrogens (primary N) is 2. The lowest BCUT2D eigenvalue weighted by molar-refractivity contribution is 0.482. The van der Waals surface area contributed by atoms with Crippen molar-refractivity contribution in [3.8, 4) is 5.75 Å². The van der Waals surface area contributed by atoms with Gasteiger partial charge in [-0.1, -0.05) is 146 Å². The topological polar surface area (TPSA) is 88.1 Å². The highest BCUT2D eigenvalue weighted by Gasteiger charge is 2.17. The van der Waals surface area contributed by atoms with Crippen LogP contribution < -0.4 is 11.7 Å². The highest BCUT2D eigenvalue weighted by Crippen LogP contribution is 2.44. The molecule has 10 aromatic rings. The molecule has 0 radical (unpaired) electrons. The van der Waals surface area contributed by atoms with Crippen molar-refractivity contribution >= 4 is 86.4 Å². The molecule has 1 aromatic heterocycles. The Bertz CT molecular complexity index is 2610. The minimum absolute atomic E-state index is 0.351. The summed E-state index contributed by atoms with van der Waals surface area (Å²) in [6, 6.07) is 52.9. The van der Waals surface area contributed by atoms with Gasteiger partial charge in [-0.2, -0.15) is 0 Å². The number of hydrazine groups is 1. The first kappa shape index (κ1) is 27.6. The molecule has 0 aliphatic rings. The molecule has 0 fully saturated rings. The zero-order valence-corrected chi connectivity index (χ0v) is 25.0. The Morgan fingerprint density at radius 3 is 1.11 bits per heavy atom. The van der Waals surface area contributed by atoms with Crippen LogP contribution in [0.25, 0.3) is 86.4 Å². The van der Waals surface area contributed by atoms with Gasteiger partial charge < -0.3 is 10.1 Å². The summed E-state index contributed by atoms with van der Waals surface area (Å²) >= 11 is 0. The number of nitrogens with one attached hydrogen (secondary N) is 1. The number of aromatic hydroxyl groups is 1. The van der Waals surface area contributed by atoms with Crippen molar-refractivity contribution in [1.82, 2.24) is 4.98 Å². The summed E-state index contributed by atoms with van der Waals surface area (Å²) in [5.74, 6) is 8.35. The highest BCUT2D eigenvalue weighted by atomic mass is 16.3. The van der Waals surface area contributed by atoms with E-state index >= 15 is 0 Å². The normalized spacial score (nSPS) is 11.3. The van der Waals surface area contributed by atoms with Gasteiger partial charge >= 0.3 is 0 Å². The van der Waals surface area contributed by atoms with E-state index in [0.29, 0.717) is 5.75 Å². The molecule has 6 N–H and O–H groups in total. The Morgan fingerprint density at radius 1 is 0.348 bits per heavy atom. The molecule has 220 valence electrons. The molecular weight excluding hydrogens is 562 g/mol. The predicted octanol–water partition coefficient (Wildman–Crippen LogP) is 10.5. The van der Waals surface area contributed by atoms with Gasteiger partial charge in [-0.25, -0.2) is 0 Å². The van der Waals surface area contributed by atoms with Gasteiger partial charge in [0.1, 0.15) is 5.75 Å². The Kier molecular flexibility index (Phi) is 6.72. The average molecular weight is 594 g/mol. The average Bonchev–Trinajstić information content (AvgIpc) is 3.55. The summed E-state index contributed by atoms with van der Waals surface area (Å²) in [7, 11) is 0. The summed E-state index contributed by atoms with van der Waals surface area (Å²) in [5, 5.41) is 27.2. The molecule has 4 nitrogen and oxygen atoms in total. The molecule has 0 aliphatic carbocycles. The van der Waals surface area contributed by atoms with Crippen LogP contribution >= 0.6 is 0 Å². The molecule has 10 rings (SSSR count). The smallest absolute Gasteiger partial charge is 0.124 e. The molecule has 4 heteroatoms. The first-order chi connectivity index (χ1) is 22.8. The Labute approximate surface area is 265 Å². The van der Waals surface area contributed by atoms with E-state index in [0.717, 1.165) is 16.2 Å². The number of aromatic amines is 1. The molecule has 0 saturated heterocycles. The number of benzene rings is 9. The van der Waals surface area contributed by atoms with Gasteiger partial charge in [0.05, 0.1) is 11.0 Å². The summed E-state index contributed by atoms with van der Waals surface area (Å²) < 4.78 is 0. The van der Waals surface area contributed by atoms with Gasteiger partial charge in [-0.05, 0) is 54.5 Å². The molecule has 0 amide bonds. The molecule has 0 atom stereocenters. The van der Waals surface area contributed by atoms with Crippen LogP contribution in [-0.2, 0) is 0 Å². The fourth-order valence-electron chi connectivity index (χ4n) is 7.22. The molecule has 0 spiro atoms. The van der Waals surface area contributed by atoms with Crippen molar-refractivity contribution in [3.63, 3.8) is 0 Å². The standard InChI is InChI=1S/C28H17N.C14H10O.H4N2/c1-5-13-21-17(9-1)19-11-3-7-15-23(19)27-25(21)26-22-14-6-2-10-18(22)20-12-4-8-16-24(20)28(26)29-27;15-14-9-10-5-1-2-6-11(10)12-7-3-4-8-13(12)14;1-2/h1-16,29H;1-9,15H;1-2H2. The van der Waals surface area contributed by atoms with Gasteiger partial charge in [-0.3, -0.25) is 11.7 Å². The van der Waals surface area contributed by atoms with E-state index < -0.39 is 0 Å². The van der Waals surface area contributed by atoms with E-state index in [1.54, 1.807) is 0 Å². The van der Waals surface area contributed by atoms with Gasteiger partial charge in [0, 0.05) is 26.9 Å². The minimum Gasteiger partial charge on any atom is -0.507 e. The van der Waals surface area contributed by atoms with E-state index in [1.165, 1.54) is 70.3 Å². The summed E-state index contributed by atoms with van der Waals surface area (Å²) in [5.41, 5.74) is 2.46. The van der Waals surface area contributed by atoms with Crippen LogP contribution in [0.4, 0.5) is 0 Å². The fraction of sp³-hybridized carbons (Fsp3) is 0. The van der Waals surface area contributed by atoms with Crippen molar-refractivity contribution in [2.24, 2.45) is 11.7 Å². The maximum atomic E-state index is 9.87. The number of phenolic OH excluding ortho intramolecular Hbond substituents is 1. The van der Waals surface area contributed by atoms with Crippen LogP contribution in [-0.4, -0.2) is 10.1 Å². The molecular formula is C42H31N3O. The van der Waals surface area contributed by atoms with Crippen LogP contribution in [0.3, 0.4) is 0 Å². The van der Waals surface area contributed by atoms with E-state index in [1.807, 2.05) is 48.5 Å². The van der Waals surface area contributed by atoms with Crippen LogP contribution in [0.1, 0.15) is 0 Å². The first-order valence-corrected chi connectivity index (χ1v) is 15.3. The maximum absolute atomic E-state index is 9.87. The molecule has 0 aliphatic heterocycles.